The standard InChI is InChI=1S/C10H5BrF2/c11-9-8(12)5-6-3-1-2-4-7(6)10(9)13/h1-5H. The molecule has 0 heterocycles. The second-order valence-electron chi connectivity index (χ2n) is 2.71. The molecule has 3 heteroatoms. The van der Waals surface area contributed by atoms with Crippen LogP contribution in [0.2, 0.25) is 0 Å². The monoisotopic (exact) mass is 242 g/mol. The van der Waals surface area contributed by atoms with E-state index in [0.717, 1.165) is 0 Å². The van der Waals surface area contributed by atoms with Gasteiger partial charge in [0.15, 0.2) is 0 Å². The molecule has 0 fully saturated rings. The molecule has 0 aliphatic rings. The van der Waals surface area contributed by atoms with E-state index >= 15 is 0 Å². The largest absolute Gasteiger partial charge is 0.206 e. The van der Waals surface area contributed by atoms with Gasteiger partial charge in [0.2, 0.25) is 0 Å². The number of hydrogen-bond acceptors (Lipinski definition) is 0. The third-order valence-electron chi connectivity index (χ3n) is 1.88. The van der Waals surface area contributed by atoms with Crippen molar-refractivity contribution >= 4 is 26.7 Å². The number of halogens is 3. The highest BCUT2D eigenvalue weighted by atomic mass is 79.9. The van der Waals surface area contributed by atoms with Gasteiger partial charge in [-0.3, -0.25) is 0 Å². The van der Waals surface area contributed by atoms with Crippen molar-refractivity contribution in [2.45, 2.75) is 0 Å². The average Bonchev–Trinajstić information content (AvgIpc) is 2.15. The zero-order chi connectivity index (χ0) is 9.42. The number of rotatable bonds is 0. The molecule has 0 bridgehead atoms. The SMILES string of the molecule is Fc1cc2ccccc2c(F)c1Br. The van der Waals surface area contributed by atoms with Crippen LogP contribution in [0.4, 0.5) is 8.78 Å². The molecular formula is C10H5BrF2. The van der Waals surface area contributed by atoms with Crippen LogP contribution in [0.25, 0.3) is 10.8 Å². The molecule has 0 saturated heterocycles. The maximum Gasteiger partial charge on any atom is 0.148 e. The molecule has 0 saturated carbocycles. The van der Waals surface area contributed by atoms with Crippen LogP contribution < -0.4 is 0 Å². The fraction of sp³-hybridized carbons (Fsp3) is 0. The Labute approximate surface area is 82.3 Å². The van der Waals surface area contributed by atoms with Crippen molar-refractivity contribution in [2.24, 2.45) is 0 Å². The molecule has 0 amide bonds. The maximum absolute atomic E-state index is 13.4. The summed E-state index contributed by atoms with van der Waals surface area (Å²) in [5.74, 6) is -1.12. The van der Waals surface area contributed by atoms with Crippen molar-refractivity contribution in [1.29, 1.82) is 0 Å². The molecule has 0 aromatic heterocycles. The highest BCUT2D eigenvalue weighted by Crippen LogP contribution is 2.27. The second-order valence-corrected chi connectivity index (χ2v) is 3.50. The average molecular weight is 243 g/mol. The van der Waals surface area contributed by atoms with Gasteiger partial charge in [0, 0.05) is 5.39 Å². The van der Waals surface area contributed by atoms with Gasteiger partial charge >= 0.3 is 0 Å². The fourth-order valence-corrected chi connectivity index (χ4v) is 1.57. The molecule has 0 spiro atoms. The van der Waals surface area contributed by atoms with Crippen molar-refractivity contribution < 1.29 is 8.78 Å². The van der Waals surface area contributed by atoms with Crippen molar-refractivity contribution in [1.82, 2.24) is 0 Å². The Morgan fingerprint density at radius 1 is 1.08 bits per heavy atom. The van der Waals surface area contributed by atoms with E-state index in [4.69, 9.17) is 0 Å². The fourth-order valence-electron chi connectivity index (χ4n) is 1.25. The first-order chi connectivity index (χ1) is 6.20. The zero-order valence-corrected chi connectivity index (χ0v) is 8.11. The van der Waals surface area contributed by atoms with E-state index in [1.165, 1.54) is 6.07 Å². The number of fused-ring (bicyclic) bond motifs is 1. The van der Waals surface area contributed by atoms with Crippen LogP contribution in [0.15, 0.2) is 34.8 Å². The Bertz CT molecular complexity index is 466. The molecule has 2 aromatic carbocycles. The van der Waals surface area contributed by atoms with Gasteiger partial charge in [0.25, 0.3) is 0 Å². The van der Waals surface area contributed by atoms with E-state index < -0.39 is 11.6 Å². The molecule has 66 valence electrons. The van der Waals surface area contributed by atoms with E-state index in [1.54, 1.807) is 24.3 Å². The molecule has 0 nitrogen and oxygen atoms in total. The van der Waals surface area contributed by atoms with Gasteiger partial charge in [-0.15, -0.1) is 0 Å². The second kappa shape index (κ2) is 3.07. The normalized spacial score (nSPS) is 10.7. The molecule has 0 aliphatic carbocycles. The van der Waals surface area contributed by atoms with E-state index in [-0.39, 0.29) is 4.47 Å². The summed E-state index contributed by atoms with van der Waals surface area (Å²) in [5.41, 5.74) is 0. The maximum atomic E-state index is 13.4. The first-order valence-corrected chi connectivity index (χ1v) is 4.51. The predicted octanol–water partition coefficient (Wildman–Crippen LogP) is 3.88. The Morgan fingerprint density at radius 3 is 2.54 bits per heavy atom. The Hall–Kier alpha value is -0.960. The van der Waals surface area contributed by atoms with Crippen molar-refractivity contribution in [2.75, 3.05) is 0 Å². The number of benzene rings is 2. The highest BCUT2D eigenvalue weighted by Gasteiger charge is 2.09. The van der Waals surface area contributed by atoms with Gasteiger partial charge in [-0.25, -0.2) is 8.78 Å². The summed E-state index contributed by atoms with van der Waals surface area (Å²) in [6.07, 6.45) is 0. The molecular weight excluding hydrogens is 238 g/mol. The summed E-state index contributed by atoms with van der Waals surface area (Å²) in [6.45, 7) is 0. The molecule has 0 unspecified atom stereocenters. The Morgan fingerprint density at radius 2 is 1.77 bits per heavy atom. The highest BCUT2D eigenvalue weighted by molar-refractivity contribution is 9.10. The lowest BCUT2D eigenvalue weighted by atomic mass is 10.1. The van der Waals surface area contributed by atoms with E-state index in [2.05, 4.69) is 15.9 Å². The van der Waals surface area contributed by atoms with Gasteiger partial charge in [-0.05, 0) is 27.4 Å². The summed E-state index contributed by atoms with van der Waals surface area (Å²) in [6, 6.07) is 8.07. The quantitative estimate of drug-likeness (QED) is 0.616. The van der Waals surface area contributed by atoms with Crippen LogP contribution in [0, 0.1) is 11.6 Å². The van der Waals surface area contributed by atoms with Crippen LogP contribution in [-0.4, -0.2) is 0 Å². The van der Waals surface area contributed by atoms with E-state index in [1.807, 2.05) is 0 Å². The summed E-state index contributed by atoms with van der Waals surface area (Å²) in [5, 5.41) is 0.997. The summed E-state index contributed by atoms with van der Waals surface area (Å²) >= 11 is 2.85. The lowest BCUT2D eigenvalue weighted by Crippen LogP contribution is -1.86. The van der Waals surface area contributed by atoms with Crippen molar-refractivity contribution in [3.05, 3.63) is 46.4 Å². The summed E-state index contributed by atoms with van der Waals surface area (Å²) < 4.78 is 26.3. The van der Waals surface area contributed by atoms with Gasteiger partial charge in [0.1, 0.15) is 11.6 Å². The minimum absolute atomic E-state index is 0.105. The van der Waals surface area contributed by atoms with Gasteiger partial charge in [-0.2, -0.15) is 0 Å². The molecule has 0 atom stereocenters. The van der Waals surface area contributed by atoms with Crippen LogP contribution in [0.1, 0.15) is 0 Å². The third kappa shape index (κ3) is 1.33. The van der Waals surface area contributed by atoms with Crippen LogP contribution in [0.3, 0.4) is 0 Å². The Balaban J connectivity index is 2.94. The summed E-state index contributed by atoms with van der Waals surface area (Å²) in [7, 11) is 0. The third-order valence-corrected chi connectivity index (χ3v) is 2.61. The minimum Gasteiger partial charge on any atom is -0.206 e. The molecule has 2 aromatic rings. The van der Waals surface area contributed by atoms with Crippen LogP contribution >= 0.6 is 15.9 Å². The molecule has 0 aliphatic heterocycles. The lowest BCUT2D eigenvalue weighted by Gasteiger charge is -2.01. The van der Waals surface area contributed by atoms with Gasteiger partial charge in [0.05, 0.1) is 4.47 Å². The lowest BCUT2D eigenvalue weighted by molar-refractivity contribution is 0.581. The summed E-state index contributed by atoms with van der Waals surface area (Å²) in [4.78, 5) is 0. The van der Waals surface area contributed by atoms with Crippen LogP contribution in [-0.2, 0) is 0 Å². The van der Waals surface area contributed by atoms with Gasteiger partial charge in [-0.1, -0.05) is 24.3 Å². The first kappa shape index (κ1) is 8.63. The molecule has 13 heavy (non-hydrogen) atoms. The zero-order valence-electron chi connectivity index (χ0n) is 6.52. The molecule has 0 N–H and O–H groups in total. The molecule has 0 radical (unpaired) electrons. The molecule has 2 rings (SSSR count). The first-order valence-electron chi connectivity index (χ1n) is 3.72. The minimum atomic E-state index is -0.573. The van der Waals surface area contributed by atoms with Crippen molar-refractivity contribution in [3.8, 4) is 0 Å². The predicted molar refractivity (Wildman–Crippen MR) is 51.6 cm³/mol. The van der Waals surface area contributed by atoms with Gasteiger partial charge < -0.3 is 0 Å². The topological polar surface area (TPSA) is 0 Å². The Kier molecular flexibility index (Phi) is 2.04. The van der Waals surface area contributed by atoms with E-state index in [9.17, 15) is 8.78 Å². The smallest absolute Gasteiger partial charge is 0.148 e. The van der Waals surface area contributed by atoms with Crippen LogP contribution in [0.5, 0.6) is 0 Å². The van der Waals surface area contributed by atoms with E-state index in [0.29, 0.717) is 10.8 Å². The van der Waals surface area contributed by atoms with Crippen molar-refractivity contribution in [3.63, 3.8) is 0 Å². The number of hydrogen-bond donors (Lipinski definition) is 0.